The van der Waals surface area contributed by atoms with Crippen molar-refractivity contribution in [2.75, 3.05) is 27.2 Å². The molecular formula is C38H64N6O12. The number of aliphatic carboxylic acids is 1. The van der Waals surface area contributed by atoms with Gasteiger partial charge in [-0.15, -0.1) is 0 Å². The summed E-state index contributed by atoms with van der Waals surface area (Å²) in [6.45, 7) is 16.6. The maximum Gasteiger partial charge on any atom is 0.407 e. The molecule has 0 heterocycles. The van der Waals surface area contributed by atoms with Gasteiger partial charge in [-0.05, 0) is 71.8 Å². The predicted octanol–water partition coefficient (Wildman–Crippen LogP) is 1.84. The SMILES string of the molecule is CC(C)C[C@H](NC(=O)OC(C)(C)C)C(O)C(=O)NCC(=O)N[C@H](C(=O)N(C)C)c1ccccc1.CC(C)C[C@H](NC(=O)OC(C)(C)C)C(O)C(=O)NCC(=O)O. The minimum Gasteiger partial charge on any atom is -0.480 e. The van der Waals surface area contributed by atoms with E-state index in [2.05, 4.69) is 26.6 Å². The van der Waals surface area contributed by atoms with E-state index in [0.29, 0.717) is 18.4 Å². The summed E-state index contributed by atoms with van der Waals surface area (Å²) < 4.78 is 10.3. The fourth-order valence-corrected chi connectivity index (χ4v) is 4.78. The average Bonchev–Trinajstić information content (AvgIpc) is 3.05. The molecule has 2 unspecified atom stereocenters. The molecule has 1 aromatic carbocycles. The monoisotopic (exact) mass is 796 g/mol. The molecule has 1 rings (SSSR count). The van der Waals surface area contributed by atoms with Crippen LogP contribution in [-0.4, -0.2) is 125 Å². The van der Waals surface area contributed by atoms with Gasteiger partial charge in [0.05, 0.1) is 18.6 Å². The summed E-state index contributed by atoms with van der Waals surface area (Å²) >= 11 is 0. The number of likely N-dealkylation sites (N-methyl/N-ethyl adjacent to an activating group) is 1. The summed E-state index contributed by atoms with van der Waals surface area (Å²) in [5.41, 5.74) is -0.848. The quantitative estimate of drug-likeness (QED) is 0.112. The maximum absolute atomic E-state index is 12.6. The van der Waals surface area contributed by atoms with E-state index in [9.17, 15) is 43.8 Å². The van der Waals surface area contributed by atoms with Crippen LogP contribution in [0.3, 0.4) is 0 Å². The summed E-state index contributed by atoms with van der Waals surface area (Å²) in [5, 5.41) is 41.1. The molecule has 0 fully saturated rings. The number of rotatable bonds is 17. The third-order valence-corrected chi connectivity index (χ3v) is 7.12. The number of alkyl carbamates (subject to hydrolysis) is 2. The highest BCUT2D eigenvalue weighted by Gasteiger charge is 2.32. The van der Waals surface area contributed by atoms with E-state index in [-0.39, 0.29) is 17.7 Å². The van der Waals surface area contributed by atoms with Gasteiger partial charge in [0, 0.05) is 14.1 Å². The normalized spacial score (nSPS) is 14.0. The minimum atomic E-state index is -1.60. The molecule has 56 heavy (non-hydrogen) atoms. The number of amides is 6. The molecule has 0 saturated carbocycles. The lowest BCUT2D eigenvalue weighted by Gasteiger charge is -2.27. The van der Waals surface area contributed by atoms with Gasteiger partial charge >= 0.3 is 18.2 Å². The van der Waals surface area contributed by atoms with E-state index in [4.69, 9.17) is 14.6 Å². The van der Waals surface area contributed by atoms with Crippen LogP contribution in [-0.2, 0) is 33.4 Å². The molecule has 0 aliphatic heterocycles. The summed E-state index contributed by atoms with van der Waals surface area (Å²) in [6, 6.07) is 6.02. The number of carbonyl (C=O) groups is 7. The Morgan fingerprint density at radius 3 is 1.39 bits per heavy atom. The van der Waals surface area contributed by atoms with Crippen LogP contribution in [0.25, 0.3) is 0 Å². The molecule has 0 saturated heterocycles. The van der Waals surface area contributed by atoms with E-state index >= 15 is 0 Å². The molecular weight excluding hydrogens is 732 g/mol. The number of carbonyl (C=O) groups excluding carboxylic acids is 6. The van der Waals surface area contributed by atoms with Gasteiger partial charge in [-0.1, -0.05) is 58.0 Å². The molecule has 0 spiro atoms. The maximum atomic E-state index is 12.6. The van der Waals surface area contributed by atoms with Crippen molar-refractivity contribution >= 4 is 41.8 Å². The Bertz CT molecular complexity index is 1440. The van der Waals surface area contributed by atoms with Gasteiger partial charge in [0.25, 0.3) is 11.8 Å². The van der Waals surface area contributed by atoms with Crippen LogP contribution in [0.4, 0.5) is 9.59 Å². The summed E-state index contributed by atoms with van der Waals surface area (Å²) in [4.78, 5) is 85.0. The number of aliphatic hydroxyl groups is 2. The summed E-state index contributed by atoms with van der Waals surface area (Å²) in [7, 11) is 3.16. The largest absolute Gasteiger partial charge is 0.480 e. The van der Waals surface area contributed by atoms with Crippen LogP contribution in [0.15, 0.2) is 30.3 Å². The zero-order chi connectivity index (χ0) is 43.6. The number of nitrogens with one attached hydrogen (secondary N) is 5. The lowest BCUT2D eigenvalue weighted by Crippen LogP contribution is -2.53. The van der Waals surface area contributed by atoms with E-state index in [1.807, 2.05) is 27.7 Å². The standard InChI is InChI=1S/C24H38N4O6.C14H26N2O6/c1-15(2)13-17(26-23(33)34-24(3,4)5)20(30)21(31)25-14-18(29)27-19(22(32)28(6)7)16-11-9-8-10-12-16;1-8(2)6-9(16-13(21)22-14(3,4)5)11(19)12(20)15-7-10(17)18/h8-12,15,17,19-20,30H,13-14H2,1-7H3,(H,25,31)(H,26,33)(H,27,29);8-9,11,19H,6-7H2,1-5H3,(H,15,20)(H,16,21)(H,17,18)/t17-,19-,20?;9-,11?/m00/s1. The first kappa shape index (κ1) is 51.0. The molecule has 1 aromatic rings. The molecule has 318 valence electrons. The average molecular weight is 797 g/mol. The zero-order valence-electron chi connectivity index (χ0n) is 34.7. The van der Waals surface area contributed by atoms with Crippen molar-refractivity contribution in [1.82, 2.24) is 31.5 Å². The number of benzene rings is 1. The first-order chi connectivity index (χ1) is 25.6. The Morgan fingerprint density at radius 1 is 0.661 bits per heavy atom. The highest BCUT2D eigenvalue weighted by Crippen LogP contribution is 2.16. The number of hydrogen-bond donors (Lipinski definition) is 8. The van der Waals surface area contributed by atoms with Crippen molar-refractivity contribution in [3.05, 3.63) is 35.9 Å². The van der Waals surface area contributed by atoms with Gasteiger partial charge in [-0.3, -0.25) is 24.0 Å². The Balaban J connectivity index is 0.00000119. The van der Waals surface area contributed by atoms with Crippen LogP contribution in [0.5, 0.6) is 0 Å². The van der Waals surface area contributed by atoms with Crippen LogP contribution in [0, 0.1) is 11.8 Å². The molecule has 5 atom stereocenters. The van der Waals surface area contributed by atoms with E-state index in [1.54, 1.807) is 86.0 Å². The second-order valence-electron chi connectivity index (χ2n) is 16.1. The highest BCUT2D eigenvalue weighted by atomic mass is 16.6. The van der Waals surface area contributed by atoms with Crippen molar-refractivity contribution in [3.63, 3.8) is 0 Å². The number of carboxylic acids is 1. The van der Waals surface area contributed by atoms with E-state index in [0.717, 1.165) is 0 Å². The molecule has 0 radical (unpaired) electrons. The zero-order valence-corrected chi connectivity index (χ0v) is 34.7. The lowest BCUT2D eigenvalue weighted by atomic mass is 9.98. The van der Waals surface area contributed by atoms with Gasteiger partial charge in [-0.2, -0.15) is 0 Å². The van der Waals surface area contributed by atoms with Crippen molar-refractivity contribution in [1.29, 1.82) is 0 Å². The third-order valence-electron chi connectivity index (χ3n) is 7.12. The Labute approximate surface area is 329 Å². The molecule has 0 aliphatic rings. The number of ether oxygens (including phenoxy) is 2. The number of aliphatic hydroxyl groups excluding tert-OH is 2. The number of nitrogens with zero attached hydrogens (tertiary/aromatic N) is 1. The van der Waals surface area contributed by atoms with Gasteiger partial charge < -0.3 is 56.3 Å². The van der Waals surface area contributed by atoms with E-state index < -0.39 is 90.5 Å². The molecule has 6 amide bonds. The summed E-state index contributed by atoms with van der Waals surface area (Å²) in [5.74, 6) is -3.68. The fourth-order valence-electron chi connectivity index (χ4n) is 4.78. The van der Waals surface area contributed by atoms with Gasteiger partial charge in [0.2, 0.25) is 11.8 Å². The lowest BCUT2D eigenvalue weighted by molar-refractivity contribution is -0.140. The second kappa shape index (κ2) is 23.8. The van der Waals surface area contributed by atoms with Crippen LogP contribution in [0.1, 0.15) is 93.7 Å². The molecule has 18 heteroatoms. The topological polar surface area (TPSA) is 262 Å². The predicted molar refractivity (Wildman–Crippen MR) is 207 cm³/mol. The number of carboxylic acid groups (broad SMARTS) is 1. The van der Waals surface area contributed by atoms with Crippen LogP contribution in [0.2, 0.25) is 0 Å². The van der Waals surface area contributed by atoms with Crippen LogP contribution < -0.4 is 26.6 Å². The van der Waals surface area contributed by atoms with Crippen molar-refractivity contribution in [3.8, 4) is 0 Å². The van der Waals surface area contributed by atoms with Gasteiger partial charge in [-0.25, -0.2) is 9.59 Å². The first-order valence-corrected chi connectivity index (χ1v) is 18.3. The van der Waals surface area contributed by atoms with E-state index in [1.165, 1.54) is 4.90 Å². The molecule has 8 N–H and O–H groups in total. The fraction of sp³-hybridized carbons (Fsp3) is 0.658. The van der Waals surface area contributed by atoms with Crippen molar-refractivity contribution in [2.24, 2.45) is 11.8 Å². The summed E-state index contributed by atoms with van der Waals surface area (Å²) in [6.07, 6.45) is -4.02. The van der Waals surface area contributed by atoms with Crippen LogP contribution >= 0.6 is 0 Å². The Morgan fingerprint density at radius 2 is 1.05 bits per heavy atom. The molecule has 18 nitrogen and oxygen atoms in total. The Kier molecular flexibility index (Phi) is 21.7. The van der Waals surface area contributed by atoms with Gasteiger partial charge in [0.1, 0.15) is 23.8 Å². The first-order valence-electron chi connectivity index (χ1n) is 18.3. The minimum absolute atomic E-state index is 0.0642. The highest BCUT2D eigenvalue weighted by molar-refractivity contribution is 5.91. The van der Waals surface area contributed by atoms with Crippen molar-refractivity contribution < 1.29 is 58.4 Å². The smallest absolute Gasteiger partial charge is 0.407 e. The van der Waals surface area contributed by atoms with Crippen molar-refractivity contribution in [2.45, 2.75) is 124 Å². The Hall–Kier alpha value is -4.97. The van der Waals surface area contributed by atoms with Gasteiger partial charge in [0.15, 0.2) is 12.2 Å². The molecule has 0 aliphatic carbocycles. The number of hydrogen-bond acceptors (Lipinski definition) is 11. The third kappa shape index (κ3) is 22.4. The second-order valence-corrected chi connectivity index (χ2v) is 16.1. The molecule has 0 aromatic heterocycles. The molecule has 0 bridgehead atoms.